The Balaban J connectivity index is 1.47. The molecular weight excluding hydrogens is 352 g/mol. The lowest BCUT2D eigenvalue weighted by Crippen LogP contribution is -2.44. The molecule has 28 heavy (non-hydrogen) atoms. The van der Waals surface area contributed by atoms with Crippen molar-refractivity contribution in [3.63, 3.8) is 0 Å². The minimum Gasteiger partial charge on any atom is -0.460 e. The van der Waals surface area contributed by atoms with Crippen LogP contribution in [0.3, 0.4) is 0 Å². The Labute approximate surface area is 168 Å². The summed E-state index contributed by atoms with van der Waals surface area (Å²) >= 11 is 0. The maximum atomic E-state index is 11.8. The number of carbonyl (C=O) groups excluding carboxylic acids is 1. The standard InChI is InChI=1S/C23H34N2O3/c1-22(2,3)28-21(26)24-15-17-10-12-25(13-11-17)16-23(4,5)20-14-18-8-6-7-9-19(18)27-20/h6-9,14,17H,10-13,15-16H2,1-5H3,(H,24,26). The molecule has 1 aliphatic rings. The summed E-state index contributed by atoms with van der Waals surface area (Å²) in [6.07, 6.45) is 1.86. The first-order valence-corrected chi connectivity index (χ1v) is 10.3. The molecule has 0 saturated carbocycles. The van der Waals surface area contributed by atoms with Gasteiger partial charge in [-0.2, -0.15) is 0 Å². The van der Waals surface area contributed by atoms with Crippen molar-refractivity contribution in [3.05, 3.63) is 36.1 Å². The van der Waals surface area contributed by atoms with Gasteiger partial charge in [-0.05, 0) is 64.8 Å². The van der Waals surface area contributed by atoms with E-state index in [1.165, 1.54) is 0 Å². The molecule has 1 aromatic carbocycles. The minimum absolute atomic E-state index is 0.0411. The fourth-order valence-electron chi connectivity index (χ4n) is 3.84. The van der Waals surface area contributed by atoms with Gasteiger partial charge in [0.1, 0.15) is 16.9 Å². The van der Waals surface area contributed by atoms with Gasteiger partial charge in [0.25, 0.3) is 0 Å². The van der Waals surface area contributed by atoms with Gasteiger partial charge in [0, 0.05) is 23.9 Å². The number of rotatable bonds is 5. The van der Waals surface area contributed by atoms with Crippen LogP contribution in [0.1, 0.15) is 53.2 Å². The molecule has 2 heterocycles. The number of hydrogen-bond donors (Lipinski definition) is 1. The zero-order chi connectivity index (χ0) is 20.4. The second kappa shape index (κ2) is 8.16. The van der Waals surface area contributed by atoms with E-state index in [-0.39, 0.29) is 11.5 Å². The molecule has 5 heteroatoms. The zero-order valence-electron chi connectivity index (χ0n) is 17.9. The van der Waals surface area contributed by atoms with Gasteiger partial charge < -0.3 is 19.4 Å². The third-order valence-corrected chi connectivity index (χ3v) is 5.35. The smallest absolute Gasteiger partial charge is 0.407 e. The lowest BCUT2D eigenvalue weighted by Gasteiger charge is -2.36. The van der Waals surface area contributed by atoms with Crippen LogP contribution in [0.4, 0.5) is 4.79 Å². The fourth-order valence-corrected chi connectivity index (χ4v) is 3.84. The third kappa shape index (κ3) is 5.51. The Bertz CT molecular complexity index is 763. The van der Waals surface area contributed by atoms with Crippen LogP contribution in [-0.2, 0) is 10.2 Å². The second-order valence-electron chi connectivity index (χ2n) is 9.63. The summed E-state index contributed by atoms with van der Waals surface area (Å²) in [6.45, 7) is 13.9. The van der Waals surface area contributed by atoms with Gasteiger partial charge in [0.2, 0.25) is 0 Å². The highest BCUT2D eigenvalue weighted by Gasteiger charge is 2.30. The molecule has 5 nitrogen and oxygen atoms in total. The summed E-state index contributed by atoms with van der Waals surface area (Å²) in [5, 5.41) is 4.08. The van der Waals surface area contributed by atoms with Crippen LogP contribution in [0.15, 0.2) is 34.7 Å². The Kier molecular flexibility index (Phi) is 6.04. The molecule has 1 aliphatic heterocycles. The summed E-state index contributed by atoms with van der Waals surface area (Å²) in [6, 6.07) is 10.4. The van der Waals surface area contributed by atoms with Gasteiger partial charge in [-0.3, -0.25) is 0 Å². The van der Waals surface area contributed by atoms with E-state index in [9.17, 15) is 4.79 Å². The van der Waals surface area contributed by atoms with Gasteiger partial charge in [-0.1, -0.05) is 32.0 Å². The Morgan fingerprint density at radius 2 is 1.86 bits per heavy atom. The lowest BCUT2D eigenvalue weighted by atomic mass is 9.87. The molecule has 154 valence electrons. The first-order valence-electron chi connectivity index (χ1n) is 10.3. The maximum absolute atomic E-state index is 11.8. The van der Waals surface area contributed by atoms with Crippen molar-refractivity contribution in [2.24, 2.45) is 5.92 Å². The van der Waals surface area contributed by atoms with E-state index >= 15 is 0 Å². The monoisotopic (exact) mass is 386 g/mol. The number of ether oxygens (including phenoxy) is 1. The van der Waals surface area contributed by atoms with Gasteiger partial charge in [-0.15, -0.1) is 0 Å². The van der Waals surface area contributed by atoms with Crippen LogP contribution in [-0.4, -0.2) is 42.8 Å². The van der Waals surface area contributed by atoms with E-state index in [1.807, 2.05) is 39.0 Å². The van der Waals surface area contributed by atoms with Crippen molar-refractivity contribution in [1.82, 2.24) is 10.2 Å². The van der Waals surface area contributed by atoms with E-state index < -0.39 is 5.60 Å². The molecule has 1 saturated heterocycles. The predicted octanol–water partition coefficient (Wildman–Crippen LogP) is 4.95. The number of alkyl carbamates (subject to hydrolysis) is 1. The van der Waals surface area contributed by atoms with E-state index in [0.717, 1.165) is 49.2 Å². The number of fused-ring (bicyclic) bond motifs is 1. The number of furan rings is 1. The molecule has 0 atom stereocenters. The molecule has 3 rings (SSSR count). The predicted molar refractivity (Wildman–Crippen MR) is 113 cm³/mol. The van der Waals surface area contributed by atoms with E-state index in [0.29, 0.717) is 12.5 Å². The van der Waals surface area contributed by atoms with Crippen molar-refractivity contribution < 1.29 is 13.9 Å². The van der Waals surface area contributed by atoms with Crippen LogP contribution >= 0.6 is 0 Å². The van der Waals surface area contributed by atoms with E-state index in [1.54, 1.807) is 0 Å². The topological polar surface area (TPSA) is 54.7 Å². The molecular formula is C23H34N2O3. The highest BCUT2D eigenvalue weighted by molar-refractivity contribution is 5.78. The third-order valence-electron chi connectivity index (χ3n) is 5.35. The molecule has 0 unspecified atom stereocenters. The number of amides is 1. The minimum atomic E-state index is -0.449. The quantitative estimate of drug-likeness (QED) is 0.790. The SMILES string of the molecule is CC(C)(C)OC(=O)NCC1CCN(CC(C)(C)c2cc3ccccc3o2)CC1. The Hall–Kier alpha value is -2.01. The van der Waals surface area contributed by atoms with E-state index in [4.69, 9.17) is 9.15 Å². The first kappa shape index (κ1) is 20.7. The number of carbonyl (C=O) groups is 1. The van der Waals surface area contributed by atoms with Crippen LogP contribution in [0.2, 0.25) is 0 Å². The van der Waals surface area contributed by atoms with Crippen molar-refractivity contribution in [2.75, 3.05) is 26.2 Å². The van der Waals surface area contributed by atoms with Crippen molar-refractivity contribution in [2.45, 2.75) is 58.5 Å². The van der Waals surface area contributed by atoms with Gasteiger partial charge >= 0.3 is 6.09 Å². The molecule has 0 aliphatic carbocycles. The maximum Gasteiger partial charge on any atom is 0.407 e. The zero-order valence-corrected chi connectivity index (χ0v) is 17.9. The van der Waals surface area contributed by atoms with E-state index in [2.05, 4.69) is 36.2 Å². The average molecular weight is 387 g/mol. The highest BCUT2D eigenvalue weighted by atomic mass is 16.6. The van der Waals surface area contributed by atoms with Crippen LogP contribution in [0.5, 0.6) is 0 Å². The van der Waals surface area contributed by atoms with Crippen LogP contribution in [0.25, 0.3) is 11.0 Å². The van der Waals surface area contributed by atoms with Gasteiger partial charge in [0.05, 0.1) is 0 Å². The van der Waals surface area contributed by atoms with Crippen molar-refractivity contribution in [3.8, 4) is 0 Å². The summed E-state index contributed by atoms with van der Waals surface area (Å²) in [5.41, 5.74) is 0.466. The normalized spacial score (nSPS) is 17.0. The lowest BCUT2D eigenvalue weighted by molar-refractivity contribution is 0.0508. The number of para-hydroxylation sites is 1. The van der Waals surface area contributed by atoms with Crippen LogP contribution in [0, 0.1) is 5.92 Å². The van der Waals surface area contributed by atoms with Crippen molar-refractivity contribution >= 4 is 17.1 Å². The molecule has 0 bridgehead atoms. The average Bonchev–Trinajstić information content (AvgIpc) is 3.05. The van der Waals surface area contributed by atoms with Gasteiger partial charge in [-0.25, -0.2) is 4.79 Å². The molecule has 0 spiro atoms. The number of nitrogens with one attached hydrogen (secondary N) is 1. The summed E-state index contributed by atoms with van der Waals surface area (Å²) in [5.74, 6) is 1.56. The molecule has 1 aromatic heterocycles. The summed E-state index contributed by atoms with van der Waals surface area (Å²) in [4.78, 5) is 14.3. The Morgan fingerprint density at radius 1 is 1.18 bits per heavy atom. The number of hydrogen-bond acceptors (Lipinski definition) is 4. The number of likely N-dealkylation sites (tertiary alicyclic amines) is 1. The fraction of sp³-hybridized carbons (Fsp3) is 0.609. The number of piperidine rings is 1. The van der Waals surface area contributed by atoms with Gasteiger partial charge in [0.15, 0.2) is 0 Å². The molecule has 2 aromatic rings. The number of nitrogens with zero attached hydrogens (tertiary/aromatic N) is 1. The molecule has 1 N–H and O–H groups in total. The first-order chi connectivity index (χ1) is 13.1. The van der Waals surface area contributed by atoms with Crippen molar-refractivity contribution in [1.29, 1.82) is 0 Å². The Morgan fingerprint density at radius 3 is 2.50 bits per heavy atom. The summed E-state index contributed by atoms with van der Waals surface area (Å²) < 4.78 is 11.4. The largest absolute Gasteiger partial charge is 0.460 e. The molecule has 1 amide bonds. The second-order valence-corrected chi connectivity index (χ2v) is 9.63. The molecule has 1 fully saturated rings. The number of benzene rings is 1. The highest BCUT2D eigenvalue weighted by Crippen LogP contribution is 2.31. The van der Waals surface area contributed by atoms with Crippen LogP contribution < -0.4 is 5.32 Å². The summed E-state index contributed by atoms with van der Waals surface area (Å²) in [7, 11) is 0. The molecule has 0 radical (unpaired) electrons.